The Hall–Kier alpha value is -2.14. The van der Waals surface area contributed by atoms with Gasteiger partial charge >= 0.3 is 0 Å². The Morgan fingerprint density at radius 2 is 2.15 bits per heavy atom. The molecule has 2 N–H and O–H groups in total. The van der Waals surface area contributed by atoms with Gasteiger partial charge in [0.25, 0.3) is 5.91 Å². The number of nitrogens with one attached hydrogen (secondary N) is 2. The van der Waals surface area contributed by atoms with Gasteiger partial charge in [0.2, 0.25) is 0 Å². The number of hydrogen-bond donors (Lipinski definition) is 2. The third-order valence-corrected chi connectivity index (χ3v) is 3.12. The van der Waals surface area contributed by atoms with E-state index in [4.69, 9.17) is 0 Å². The smallest absolute Gasteiger partial charge is 0.275 e. The van der Waals surface area contributed by atoms with Crippen molar-refractivity contribution in [1.82, 2.24) is 14.9 Å². The molecule has 0 fully saturated rings. The van der Waals surface area contributed by atoms with Gasteiger partial charge in [-0.15, -0.1) is 0 Å². The van der Waals surface area contributed by atoms with Crippen LogP contribution in [0.5, 0.6) is 0 Å². The number of aryl methyl sites for hydroxylation is 1. The molecule has 5 nitrogen and oxygen atoms in total. The van der Waals surface area contributed by atoms with Crippen LogP contribution in [0.25, 0.3) is 0 Å². The molecule has 0 saturated heterocycles. The van der Waals surface area contributed by atoms with E-state index in [2.05, 4.69) is 29.5 Å². The minimum atomic E-state index is -0.193. The molecule has 0 saturated carbocycles. The summed E-state index contributed by atoms with van der Waals surface area (Å²) >= 11 is 0. The number of benzene rings is 1. The second-order valence-corrected chi connectivity index (χ2v) is 4.75. The van der Waals surface area contributed by atoms with Gasteiger partial charge in [-0.25, -0.2) is 4.98 Å². The van der Waals surface area contributed by atoms with Crippen LogP contribution in [-0.2, 0) is 7.05 Å². The molecule has 0 aliphatic rings. The molecule has 0 aliphatic carbocycles. The van der Waals surface area contributed by atoms with E-state index in [9.17, 15) is 4.79 Å². The third-order valence-electron chi connectivity index (χ3n) is 3.12. The van der Waals surface area contributed by atoms with E-state index in [0.717, 1.165) is 17.8 Å². The van der Waals surface area contributed by atoms with Gasteiger partial charge < -0.3 is 15.2 Å². The second kappa shape index (κ2) is 6.34. The van der Waals surface area contributed by atoms with Gasteiger partial charge in [-0.1, -0.05) is 25.1 Å². The van der Waals surface area contributed by atoms with Crippen molar-refractivity contribution in [2.75, 3.05) is 11.9 Å². The Labute approximate surface area is 119 Å². The first-order valence-corrected chi connectivity index (χ1v) is 6.73. The van der Waals surface area contributed by atoms with Gasteiger partial charge in [-0.3, -0.25) is 4.79 Å². The number of aromatic nitrogens is 2. The lowest BCUT2D eigenvalue weighted by molar-refractivity contribution is 0.102. The van der Waals surface area contributed by atoms with E-state index in [1.807, 2.05) is 31.3 Å². The molecule has 1 amide bonds. The zero-order chi connectivity index (χ0) is 14.5. The maximum Gasteiger partial charge on any atom is 0.275 e. The van der Waals surface area contributed by atoms with Crippen molar-refractivity contribution >= 4 is 11.6 Å². The van der Waals surface area contributed by atoms with Crippen LogP contribution >= 0.6 is 0 Å². The fourth-order valence-electron chi connectivity index (χ4n) is 2.12. The van der Waals surface area contributed by atoms with Crippen LogP contribution in [0.2, 0.25) is 0 Å². The average Bonchev–Trinajstić information content (AvgIpc) is 2.86. The Bertz CT molecular complexity index is 591. The summed E-state index contributed by atoms with van der Waals surface area (Å²) in [6.45, 7) is 5.02. The zero-order valence-electron chi connectivity index (χ0n) is 12.1. The Kier molecular flexibility index (Phi) is 4.53. The van der Waals surface area contributed by atoms with E-state index >= 15 is 0 Å². The number of rotatable bonds is 5. The van der Waals surface area contributed by atoms with Gasteiger partial charge in [-0.05, 0) is 25.1 Å². The molecule has 106 valence electrons. The lowest BCUT2D eigenvalue weighted by atomic mass is 10.1. The SMILES string of the molecule is CCNC(C)c1ccccc1NC(=O)c1cn(C)cn1. The molecule has 1 heterocycles. The third kappa shape index (κ3) is 3.24. The van der Waals surface area contributed by atoms with E-state index in [-0.39, 0.29) is 11.9 Å². The van der Waals surface area contributed by atoms with Crippen molar-refractivity contribution in [1.29, 1.82) is 0 Å². The fraction of sp³-hybridized carbons (Fsp3) is 0.333. The number of carbonyl (C=O) groups is 1. The van der Waals surface area contributed by atoms with E-state index in [1.165, 1.54) is 0 Å². The van der Waals surface area contributed by atoms with Crippen molar-refractivity contribution < 1.29 is 4.79 Å². The zero-order valence-corrected chi connectivity index (χ0v) is 12.1. The molecule has 1 aromatic heterocycles. The summed E-state index contributed by atoms with van der Waals surface area (Å²) in [6, 6.07) is 7.99. The number of hydrogen-bond acceptors (Lipinski definition) is 3. The monoisotopic (exact) mass is 272 g/mol. The summed E-state index contributed by atoms with van der Waals surface area (Å²) in [7, 11) is 1.84. The summed E-state index contributed by atoms with van der Waals surface area (Å²) in [4.78, 5) is 16.2. The van der Waals surface area contributed by atoms with E-state index in [1.54, 1.807) is 17.1 Å². The van der Waals surface area contributed by atoms with Crippen LogP contribution in [0, 0.1) is 0 Å². The van der Waals surface area contributed by atoms with Crippen LogP contribution in [0.4, 0.5) is 5.69 Å². The molecule has 1 aromatic carbocycles. The number of nitrogens with zero attached hydrogens (tertiary/aromatic N) is 2. The fourth-order valence-corrected chi connectivity index (χ4v) is 2.12. The highest BCUT2D eigenvalue weighted by Gasteiger charge is 2.13. The van der Waals surface area contributed by atoms with E-state index in [0.29, 0.717) is 5.69 Å². The minimum Gasteiger partial charge on any atom is -0.340 e. The molecular formula is C15H20N4O. The summed E-state index contributed by atoms with van der Waals surface area (Å²) in [5, 5.41) is 6.27. The maximum absolute atomic E-state index is 12.2. The first kappa shape index (κ1) is 14.3. The lowest BCUT2D eigenvalue weighted by Crippen LogP contribution is -2.20. The minimum absolute atomic E-state index is 0.181. The molecule has 0 radical (unpaired) electrons. The quantitative estimate of drug-likeness (QED) is 0.878. The van der Waals surface area contributed by atoms with Crippen LogP contribution in [0.3, 0.4) is 0 Å². The molecule has 1 unspecified atom stereocenters. The normalized spacial score (nSPS) is 12.2. The molecule has 20 heavy (non-hydrogen) atoms. The van der Waals surface area contributed by atoms with Crippen molar-refractivity contribution in [2.24, 2.45) is 7.05 Å². The summed E-state index contributed by atoms with van der Waals surface area (Å²) in [5.74, 6) is -0.193. The molecule has 2 aromatic rings. The largest absolute Gasteiger partial charge is 0.340 e. The van der Waals surface area contributed by atoms with Crippen molar-refractivity contribution in [2.45, 2.75) is 19.9 Å². The molecular weight excluding hydrogens is 252 g/mol. The van der Waals surface area contributed by atoms with E-state index < -0.39 is 0 Å². The number of carbonyl (C=O) groups excluding carboxylic acids is 1. The first-order valence-electron chi connectivity index (χ1n) is 6.73. The maximum atomic E-state index is 12.2. The summed E-state index contributed by atoms with van der Waals surface area (Å²) < 4.78 is 1.75. The van der Waals surface area contributed by atoms with Crippen LogP contribution in [0.15, 0.2) is 36.8 Å². The molecule has 2 rings (SSSR count). The Morgan fingerprint density at radius 3 is 2.80 bits per heavy atom. The van der Waals surface area contributed by atoms with Gasteiger partial charge in [0, 0.05) is 25.0 Å². The highest BCUT2D eigenvalue weighted by molar-refractivity contribution is 6.03. The van der Waals surface area contributed by atoms with Gasteiger partial charge in [0.05, 0.1) is 6.33 Å². The molecule has 0 bridgehead atoms. The van der Waals surface area contributed by atoms with Crippen LogP contribution < -0.4 is 10.6 Å². The van der Waals surface area contributed by atoms with Crippen molar-refractivity contribution in [3.63, 3.8) is 0 Å². The molecule has 0 spiro atoms. The topological polar surface area (TPSA) is 58.9 Å². The highest BCUT2D eigenvalue weighted by Crippen LogP contribution is 2.22. The summed E-state index contributed by atoms with van der Waals surface area (Å²) in [6.07, 6.45) is 3.31. The van der Waals surface area contributed by atoms with Crippen molar-refractivity contribution in [3.05, 3.63) is 48.0 Å². The second-order valence-electron chi connectivity index (χ2n) is 4.75. The lowest BCUT2D eigenvalue weighted by Gasteiger charge is -2.17. The standard InChI is InChI=1S/C15H20N4O/c1-4-16-11(2)12-7-5-6-8-13(12)18-15(20)14-9-19(3)10-17-14/h5-11,16H,4H2,1-3H3,(H,18,20). The van der Waals surface area contributed by atoms with Gasteiger partial charge in [-0.2, -0.15) is 0 Å². The molecule has 0 aliphatic heterocycles. The molecule has 5 heteroatoms. The van der Waals surface area contributed by atoms with Crippen LogP contribution in [-0.4, -0.2) is 22.0 Å². The predicted molar refractivity (Wildman–Crippen MR) is 79.7 cm³/mol. The number of anilines is 1. The van der Waals surface area contributed by atoms with Gasteiger partial charge in [0.1, 0.15) is 5.69 Å². The number of imidazole rings is 1. The van der Waals surface area contributed by atoms with Crippen molar-refractivity contribution in [3.8, 4) is 0 Å². The number of amides is 1. The Morgan fingerprint density at radius 1 is 1.40 bits per heavy atom. The number of para-hydroxylation sites is 1. The Balaban J connectivity index is 2.19. The highest BCUT2D eigenvalue weighted by atomic mass is 16.1. The van der Waals surface area contributed by atoms with Gasteiger partial charge in [0.15, 0.2) is 0 Å². The average molecular weight is 272 g/mol. The van der Waals surface area contributed by atoms with Crippen LogP contribution in [0.1, 0.15) is 35.9 Å². The molecule has 1 atom stereocenters. The summed E-state index contributed by atoms with van der Waals surface area (Å²) in [5.41, 5.74) is 2.30. The predicted octanol–water partition coefficient (Wildman–Crippen LogP) is 2.34. The first-order chi connectivity index (χ1) is 9.61.